The Morgan fingerprint density at radius 2 is 1.56 bits per heavy atom. The molecule has 16 heavy (non-hydrogen) atoms. The molecule has 0 aliphatic carbocycles. The summed E-state index contributed by atoms with van der Waals surface area (Å²) < 4.78 is 0. The summed E-state index contributed by atoms with van der Waals surface area (Å²) in [5.41, 5.74) is 3.39. The highest BCUT2D eigenvalue weighted by Crippen LogP contribution is 2.22. The van der Waals surface area contributed by atoms with Crippen molar-refractivity contribution >= 4 is 11.6 Å². The number of halogens is 1. The molecule has 1 aromatic carbocycles. The van der Waals surface area contributed by atoms with Gasteiger partial charge in [-0.2, -0.15) is 0 Å². The number of hydrogen-bond acceptors (Lipinski definition) is 1. The van der Waals surface area contributed by atoms with E-state index in [0.717, 1.165) is 21.8 Å². The molecular weight excluding hydrogens is 218 g/mol. The monoisotopic (exact) mass is 231 g/mol. The number of aromatic nitrogens is 1. The van der Waals surface area contributed by atoms with Crippen LogP contribution in [0.1, 0.15) is 25.5 Å². The Bertz CT molecular complexity index is 457. The molecule has 1 nitrogen and oxygen atoms in total. The van der Waals surface area contributed by atoms with Crippen molar-refractivity contribution in [3.63, 3.8) is 0 Å². The van der Waals surface area contributed by atoms with Gasteiger partial charge < -0.3 is 0 Å². The highest BCUT2D eigenvalue weighted by Gasteiger charge is 2.02. The van der Waals surface area contributed by atoms with Gasteiger partial charge in [-0.1, -0.05) is 43.6 Å². The first-order chi connectivity index (χ1) is 7.66. The van der Waals surface area contributed by atoms with Crippen LogP contribution in [0.2, 0.25) is 5.02 Å². The van der Waals surface area contributed by atoms with Crippen LogP contribution in [0, 0.1) is 0 Å². The molecule has 0 unspecified atom stereocenters. The van der Waals surface area contributed by atoms with E-state index in [2.05, 4.69) is 31.0 Å². The molecule has 0 bridgehead atoms. The third-order valence-electron chi connectivity index (χ3n) is 2.56. The van der Waals surface area contributed by atoms with Gasteiger partial charge in [-0.15, -0.1) is 0 Å². The fraction of sp³-hybridized carbons (Fsp3) is 0.214. The molecule has 0 N–H and O–H groups in total. The number of nitrogens with zero attached hydrogens (tertiary/aromatic N) is 1. The van der Waals surface area contributed by atoms with Crippen LogP contribution in [0.25, 0.3) is 11.1 Å². The van der Waals surface area contributed by atoms with Crippen molar-refractivity contribution in [2.45, 2.75) is 19.8 Å². The first-order valence-corrected chi connectivity index (χ1v) is 5.76. The predicted molar refractivity (Wildman–Crippen MR) is 68.8 cm³/mol. The van der Waals surface area contributed by atoms with Crippen molar-refractivity contribution in [2.24, 2.45) is 0 Å². The van der Waals surface area contributed by atoms with Gasteiger partial charge in [0.15, 0.2) is 0 Å². The van der Waals surface area contributed by atoms with Gasteiger partial charge in [0.1, 0.15) is 0 Å². The first kappa shape index (κ1) is 11.2. The van der Waals surface area contributed by atoms with Crippen molar-refractivity contribution in [2.75, 3.05) is 0 Å². The average molecular weight is 232 g/mol. The zero-order valence-corrected chi connectivity index (χ0v) is 10.2. The molecule has 0 amide bonds. The Balaban J connectivity index is 2.31. The number of pyridine rings is 1. The van der Waals surface area contributed by atoms with Gasteiger partial charge in [-0.3, -0.25) is 4.98 Å². The van der Waals surface area contributed by atoms with E-state index >= 15 is 0 Å². The topological polar surface area (TPSA) is 12.9 Å². The van der Waals surface area contributed by atoms with Crippen molar-refractivity contribution in [1.82, 2.24) is 4.98 Å². The summed E-state index contributed by atoms with van der Waals surface area (Å²) >= 11 is 5.85. The maximum Gasteiger partial charge on any atom is 0.0429 e. The second-order valence-electron chi connectivity index (χ2n) is 4.13. The second kappa shape index (κ2) is 4.67. The van der Waals surface area contributed by atoms with Gasteiger partial charge in [0.05, 0.1) is 0 Å². The van der Waals surface area contributed by atoms with Crippen LogP contribution in [0.5, 0.6) is 0 Å². The fourth-order valence-corrected chi connectivity index (χ4v) is 1.69. The summed E-state index contributed by atoms with van der Waals surface area (Å²) in [6.07, 6.45) is 1.92. The Labute approximate surface area is 101 Å². The standard InChI is InChI=1S/C14H14ClN/c1-10(2)14-8-5-12(9-16-14)11-3-6-13(15)7-4-11/h3-10H,1-2H3. The molecule has 0 radical (unpaired) electrons. The molecule has 0 aliphatic heterocycles. The highest BCUT2D eigenvalue weighted by atomic mass is 35.5. The minimum absolute atomic E-state index is 0.472. The lowest BCUT2D eigenvalue weighted by atomic mass is 10.1. The highest BCUT2D eigenvalue weighted by molar-refractivity contribution is 6.30. The molecule has 82 valence electrons. The third kappa shape index (κ3) is 2.42. The summed E-state index contributed by atoms with van der Waals surface area (Å²) in [5.74, 6) is 0.472. The average Bonchev–Trinajstić information content (AvgIpc) is 2.30. The molecule has 0 saturated carbocycles. The van der Waals surface area contributed by atoms with Crippen molar-refractivity contribution in [3.05, 3.63) is 53.3 Å². The lowest BCUT2D eigenvalue weighted by Gasteiger charge is -2.06. The van der Waals surface area contributed by atoms with Crippen LogP contribution in [0.4, 0.5) is 0 Å². The normalized spacial score (nSPS) is 10.8. The molecular formula is C14H14ClN. The van der Waals surface area contributed by atoms with Crippen LogP contribution >= 0.6 is 11.6 Å². The van der Waals surface area contributed by atoms with Gasteiger partial charge in [0, 0.05) is 22.5 Å². The largest absolute Gasteiger partial charge is 0.260 e. The lowest BCUT2D eigenvalue weighted by molar-refractivity contribution is 0.823. The van der Waals surface area contributed by atoms with E-state index in [9.17, 15) is 0 Å². The molecule has 0 aliphatic rings. The third-order valence-corrected chi connectivity index (χ3v) is 2.81. The molecule has 2 heteroatoms. The second-order valence-corrected chi connectivity index (χ2v) is 4.57. The van der Waals surface area contributed by atoms with E-state index < -0.39 is 0 Å². The van der Waals surface area contributed by atoms with E-state index in [1.807, 2.05) is 30.5 Å². The molecule has 1 aromatic heterocycles. The molecule has 1 heterocycles. The zero-order chi connectivity index (χ0) is 11.5. The summed E-state index contributed by atoms with van der Waals surface area (Å²) in [5, 5.41) is 0.760. The molecule has 0 fully saturated rings. The van der Waals surface area contributed by atoms with Gasteiger partial charge in [-0.25, -0.2) is 0 Å². The van der Waals surface area contributed by atoms with Crippen molar-refractivity contribution < 1.29 is 0 Å². The first-order valence-electron chi connectivity index (χ1n) is 5.38. The lowest BCUT2D eigenvalue weighted by Crippen LogP contribution is -1.91. The number of hydrogen-bond donors (Lipinski definition) is 0. The van der Waals surface area contributed by atoms with Crippen molar-refractivity contribution in [1.29, 1.82) is 0 Å². The van der Waals surface area contributed by atoms with E-state index in [-0.39, 0.29) is 0 Å². The molecule has 2 rings (SSSR count). The van der Waals surface area contributed by atoms with Crippen LogP contribution in [-0.4, -0.2) is 4.98 Å². The van der Waals surface area contributed by atoms with Crippen LogP contribution < -0.4 is 0 Å². The van der Waals surface area contributed by atoms with Crippen LogP contribution in [-0.2, 0) is 0 Å². The van der Waals surface area contributed by atoms with Crippen LogP contribution in [0.3, 0.4) is 0 Å². The fourth-order valence-electron chi connectivity index (χ4n) is 1.56. The Morgan fingerprint density at radius 3 is 2.06 bits per heavy atom. The summed E-state index contributed by atoms with van der Waals surface area (Å²) in [6.45, 7) is 4.29. The quantitative estimate of drug-likeness (QED) is 0.740. The van der Waals surface area contributed by atoms with E-state index in [0.29, 0.717) is 5.92 Å². The Kier molecular flexibility index (Phi) is 3.25. The molecule has 0 spiro atoms. The maximum absolute atomic E-state index is 5.85. The Hall–Kier alpha value is -1.34. The summed E-state index contributed by atoms with van der Waals surface area (Å²) in [7, 11) is 0. The Morgan fingerprint density at radius 1 is 0.938 bits per heavy atom. The zero-order valence-electron chi connectivity index (χ0n) is 9.44. The minimum atomic E-state index is 0.472. The van der Waals surface area contributed by atoms with E-state index in [1.165, 1.54) is 0 Å². The van der Waals surface area contributed by atoms with Gasteiger partial charge in [0.25, 0.3) is 0 Å². The van der Waals surface area contributed by atoms with Crippen LogP contribution in [0.15, 0.2) is 42.6 Å². The predicted octanol–water partition coefficient (Wildman–Crippen LogP) is 4.53. The minimum Gasteiger partial charge on any atom is -0.260 e. The van der Waals surface area contributed by atoms with Gasteiger partial charge in [0.2, 0.25) is 0 Å². The van der Waals surface area contributed by atoms with Gasteiger partial charge >= 0.3 is 0 Å². The number of rotatable bonds is 2. The van der Waals surface area contributed by atoms with E-state index in [1.54, 1.807) is 0 Å². The number of benzene rings is 1. The molecule has 2 aromatic rings. The maximum atomic E-state index is 5.85. The van der Waals surface area contributed by atoms with Gasteiger partial charge in [-0.05, 0) is 29.7 Å². The summed E-state index contributed by atoms with van der Waals surface area (Å²) in [6, 6.07) is 12.0. The smallest absolute Gasteiger partial charge is 0.0429 e. The SMILES string of the molecule is CC(C)c1ccc(-c2ccc(Cl)cc2)cn1. The summed E-state index contributed by atoms with van der Waals surface area (Å²) in [4.78, 5) is 4.44. The van der Waals surface area contributed by atoms with Crippen molar-refractivity contribution in [3.8, 4) is 11.1 Å². The molecule has 0 atom stereocenters. The van der Waals surface area contributed by atoms with E-state index in [4.69, 9.17) is 11.6 Å². The molecule has 0 saturated heterocycles.